The van der Waals surface area contributed by atoms with E-state index >= 15 is 0 Å². The van der Waals surface area contributed by atoms with Gasteiger partial charge in [0, 0.05) is 24.4 Å². The van der Waals surface area contributed by atoms with E-state index in [1.54, 1.807) is 0 Å². The second kappa shape index (κ2) is 8.98. The lowest BCUT2D eigenvalue weighted by Gasteiger charge is -2.16. The van der Waals surface area contributed by atoms with Crippen LogP contribution in [0.5, 0.6) is 5.75 Å². The molecular weight excluding hydrogens is 304 g/mol. The number of halogens is 1. The van der Waals surface area contributed by atoms with Crippen LogP contribution in [0.25, 0.3) is 0 Å². The summed E-state index contributed by atoms with van der Waals surface area (Å²) in [6.45, 7) is 5.01. The maximum absolute atomic E-state index is 12.0. The summed E-state index contributed by atoms with van der Waals surface area (Å²) in [4.78, 5) is 12.0. The number of carbonyl (C=O) groups excluding carboxylic acids is 1. The quantitative estimate of drug-likeness (QED) is 0.841. The minimum atomic E-state index is -0.235. The average molecular weight is 329 g/mol. The van der Waals surface area contributed by atoms with Crippen molar-refractivity contribution in [2.75, 3.05) is 18.5 Å². The SMILES string of the molecule is CC(N)C(C)C(=O)Nc1cccc(OCC2CCCO2)c1.Cl. The van der Waals surface area contributed by atoms with Crippen molar-refractivity contribution in [1.29, 1.82) is 0 Å². The third-order valence-electron chi connectivity index (χ3n) is 3.76. The highest BCUT2D eigenvalue weighted by Gasteiger charge is 2.18. The van der Waals surface area contributed by atoms with Crippen molar-refractivity contribution in [3.8, 4) is 5.75 Å². The van der Waals surface area contributed by atoms with Gasteiger partial charge < -0.3 is 20.5 Å². The summed E-state index contributed by atoms with van der Waals surface area (Å²) in [5.74, 6) is 0.416. The summed E-state index contributed by atoms with van der Waals surface area (Å²) in [5.41, 5.74) is 6.46. The van der Waals surface area contributed by atoms with Crippen LogP contribution >= 0.6 is 12.4 Å². The zero-order chi connectivity index (χ0) is 15.2. The van der Waals surface area contributed by atoms with Gasteiger partial charge in [0.2, 0.25) is 5.91 Å². The highest BCUT2D eigenvalue weighted by molar-refractivity contribution is 5.92. The molecule has 0 radical (unpaired) electrons. The van der Waals surface area contributed by atoms with Gasteiger partial charge in [-0.25, -0.2) is 0 Å². The molecule has 6 heteroatoms. The zero-order valence-electron chi connectivity index (χ0n) is 13.1. The molecule has 3 unspecified atom stereocenters. The molecule has 1 saturated heterocycles. The number of benzene rings is 1. The fourth-order valence-corrected chi connectivity index (χ4v) is 2.12. The summed E-state index contributed by atoms with van der Waals surface area (Å²) < 4.78 is 11.2. The molecule has 22 heavy (non-hydrogen) atoms. The van der Waals surface area contributed by atoms with E-state index in [1.807, 2.05) is 38.1 Å². The Morgan fingerprint density at radius 1 is 1.50 bits per heavy atom. The normalized spacial score (nSPS) is 19.9. The Morgan fingerprint density at radius 2 is 2.27 bits per heavy atom. The highest BCUT2D eigenvalue weighted by Crippen LogP contribution is 2.20. The molecule has 0 aliphatic carbocycles. The molecule has 2 rings (SSSR count). The van der Waals surface area contributed by atoms with E-state index in [0.717, 1.165) is 30.9 Å². The molecule has 1 aromatic carbocycles. The molecule has 1 amide bonds. The molecule has 0 aromatic heterocycles. The van der Waals surface area contributed by atoms with E-state index in [4.69, 9.17) is 15.2 Å². The lowest BCUT2D eigenvalue weighted by Crippen LogP contribution is -2.34. The molecule has 3 atom stereocenters. The van der Waals surface area contributed by atoms with Crippen LogP contribution in [-0.2, 0) is 9.53 Å². The van der Waals surface area contributed by atoms with Gasteiger partial charge in [0.1, 0.15) is 12.4 Å². The van der Waals surface area contributed by atoms with Gasteiger partial charge in [-0.3, -0.25) is 4.79 Å². The van der Waals surface area contributed by atoms with E-state index in [1.165, 1.54) is 0 Å². The molecule has 1 aliphatic heterocycles. The Morgan fingerprint density at radius 3 is 2.91 bits per heavy atom. The first-order valence-electron chi connectivity index (χ1n) is 7.47. The van der Waals surface area contributed by atoms with Crippen LogP contribution in [-0.4, -0.2) is 31.3 Å². The number of nitrogens with two attached hydrogens (primary N) is 1. The van der Waals surface area contributed by atoms with Crippen LogP contribution in [0.3, 0.4) is 0 Å². The molecule has 5 nitrogen and oxygen atoms in total. The summed E-state index contributed by atoms with van der Waals surface area (Å²) in [6.07, 6.45) is 2.32. The van der Waals surface area contributed by atoms with Gasteiger partial charge in [0.25, 0.3) is 0 Å². The third kappa shape index (κ3) is 5.48. The fourth-order valence-electron chi connectivity index (χ4n) is 2.12. The van der Waals surface area contributed by atoms with Crippen molar-refractivity contribution in [3.63, 3.8) is 0 Å². The smallest absolute Gasteiger partial charge is 0.228 e. The maximum atomic E-state index is 12.0. The summed E-state index contributed by atoms with van der Waals surface area (Å²) >= 11 is 0. The van der Waals surface area contributed by atoms with E-state index < -0.39 is 0 Å². The standard InChI is InChI=1S/C16H24N2O3.ClH/c1-11(12(2)17)16(19)18-13-5-3-6-14(9-13)21-10-15-7-4-8-20-15;/h3,5-6,9,11-12,15H,4,7-8,10,17H2,1-2H3,(H,18,19);1H. The van der Waals surface area contributed by atoms with Crippen molar-refractivity contribution >= 4 is 24.0 Å². The fraction of sp³-hybridized carbons (Fsp3) is 0.562. The number of rotatable bonds is 6. The predicted octanol–water partition coefficient (Wildman–Crippen LogP) is 2.59. The Hall–Kier alpha value is -1.30. The first kappa shape index (κ1) is 18.7. The molecule has 1 heterocycles. The van der Waals surface area contributed by atoms with Crippen molar-refractivity contribution < 1.29 is 14.3 Å². The second-order valence-corrected chi connectivity index (χ2v) is 5.61. The monoisotopic (exact) mass is 328 g/mol. The predicted molar refractivity (Wildman–Crippen MR) is 89.6 cm³/mol. The minimum absolute atomic E-state index is 0. The van der Waals surface area contributed by atoms with Crippen LogP contribution in [0.2, 0.25) is 0 Å². The van der Waals surface area contributed by atoms with Gasteiger partial charge in [0.05, 0.1) is 12.0 Å². The molecule has 1 aromatic rings. The van der Waals surface area contributed by atoms with E-state index in [9.17, 15) is 4.79 Å². The summed E-state index contributed by atoms with van der Waals surface area (Å²) in [7, 11) is 0. The Kier molecular flexibility index (Phi) is 7.65. The molecule has 1 fully saturated rings. The molecule has 0 bridgehead atoms. The molecule has 1 aliphatic rings. The lowest BCUT2D eigenvalue weighted by atomic mass is 10.0. The number of hydrogen-bond acceptors (Lipinski definition) is 4. The van der Waals surface area contributed by atoms with E-state index in [2.05, 4.69) is 5.32 Å². The number of hydrogen-bond donors (Lipinski definition) is 2. The Labute approximate surface area is 138 Å². The van der Waals surface area contributed by atoms with Crippen molar-refractivity contribution in [3.05, 3.63) is 24.3 Å². The highest BCUT2D eigenvalue weighted by atomic mass is 35.5. The minimum Gasteiger partial charge on any atom is -0.491 e. The van der Waals surface area contributed by atoms with Gasteiger partial charge in [-0.05, 0) is 31.9 Å². The largest absolute Gasteiger partial charge is 0.491 e. The van der Waals surface area contributed by atoms with Gasteiger partial charge in [-0.1, -0.05) is 13.0 Å². The maximum Gasteiger partial charge on any atom is 0.228 e. The van der Waals surface area contributed by atoms with Crippen LogP contribution in [0.4, 0.5) is 5.69 Å². The van der Waals surface area contributed by atoms with E-state index in [0.29, 0.717) is 6.61 Å². The van der Waals surface area contributed by atoms with Crippen LogP contribution in [0.1, 0.15) is 26.7 Å². The first-order valence-corrected chi connectivity index (χ1v) is 7.47. The molecule has 124 valence electrons. The molecular formula is C16H25ClN2O3. The first-order chi connectivity index (χ1) is 10.1. The number of nitrogens with one attached hydrogen (secondary N) is 1. The Balaban J connectivity index is 0.00000242. The molecule has 3 N–H and O–H groups in total. The zero-order valence-corrected chi connectivity index (χ0v) is 13.9. The number of amides is 1. The van der Waals surface area contributed by atoms with Crippen molar-refractivity contribution in [1.82, 2.24) is 0 Å². The third-order valence-corrected chi connectivity index (χ3v) is 3.76. The number of carbonyl (C=O) groups is 1. The van der Waals surface area contributed by atoms with Gasteiger partial charge >= 0.3 is 0 Å². The number of ether oxygens (including phenoxy) is 2. The summed E-state index contributed by atoms with van der Waals surface area (Å²) in [6, 6.07) is 7.21. The average Bonchev–Trinajstić information content (AvgIpc) is 2.98. The van der Waals surface area contributed by atoms with Crippen LogP contribution in [0, 0.1) is 5.92 Å². The van der Waals surface area contributed by atoms with Gasteiger partial charge in [-0.15, -0.1) is 12.4 Å². The Bertz CT molecular complexity index is 476. The van der Waals surface area contributed by atoms with Crippen LogP contribution < -0.4 is 15.8 Å². The second-order valence-electron chi connectivity index (χ2n) is 5.61. The molecule has 0 saturated carbocycles. The molecule has 0 spiro atoms. The van der Waals surface area contributed by atoms with Crippen molar-refractivity contribution in [2.24, 2.45) is 11.7 Å². The van der Waals surface area contributed by atoms with E-state index in [-0.39, 0.29) is 36.4 Å². The topological polar surface area (TPSA) is 73.6 Å². The van der Waals surface area contributed by atoms with Crippen LogP contribution in [0.15, 0.2) is 24.3 Å². The van der Waals surface area contributed by atoms with Crippen molar-refractivity contribution in [2.45, 2.75) is 38.8 Å². The number of anilines is 1. The summed E-state index contributed by atoms with van der Waals surface area (Å²) in [5, 5.41) is 2.86. The van der Waals surface area contributed by atoms with Gasteiger partial charge in [0.15, 0.2) is 0 Å². The lowest BCUT2D eigenvalue weighted by molar-refractivity contribution is -0.119. The van der Waals surface area contributed by atoms with Gasteiger partial charge in [-0.2, -0.15) is 0 Å².